The molecular weight excluding hydrogens is 321 g/mol. The number of hydrogen-bond acceptors (Lipinski definition) is 5. The molecule has 9 heteroatoms. The van der Waals surface area contributed by atoms with Crippen molar-refractivity contribution in [2.75, 3.05) is 11.0 Å². The molecule has 0 bridgehead atoms. The molecule has 0 aliphatic rings. The minimum Gasteiger partial charge on any atom is -0.265 e. The minimum absolute atomic E-state index is 0.0263. The van der Waals surface area contributed by atoms with Gasteiger partial charge in [-0.3, -0.25) is 9.82 Å². The van der Waals surface area contributed by atoms with E-state index < -0.39 is 15.8 Å². The minimum atomic E-state index is -3.62. The smallest absolute Gasteiger partial charge is 0.231 e. The lowest BCUT2D eigenvalue weighted by molar-refractivity contribution is 0.602. The number of anilines is 1. The van der Waals surface area contributed by atoms with Crippen LogP contribution < -0.4 is 4.72 Å². The van der Waals surface area contributed by atoms with Crippen molar-refractivity contribution in [1.82, 2.24) is 20.2 Å². The summed E-state index contributed by atoms with van der Waals surface area (Å²) in [6.07, 6.45) is 5.33. The van der Waals surface area contributed by atoms with Gasteiger partial charge in [0.15, 0.2) is 17.3 Å². The molecule has 0 radical (unpaired) electrons. The van der Waals surface area contributed by atoms with E-state index >= 15 is 0 Å². The normalized spacial score (nSPS) is 11.0. The van der Waals surface area contributed by atoms with Crippen LogP contribution in [0.25, 0.3) is 11.0 Å². The molecule has 0 unspecified atom stereocenters. The molecule has 2 N–H and O–H groups in total. The Bertz CT molecular complexity index is 1050. The van der Waals surface area contributed by atoms with Gasteiger partial charge in [0, 0.05) is 23.3 Å². The summed E-state index contributed by atoms with van der Waals surface area (Å²) in [7, 11) is -3.62. The first-order valence-electron chi connectivity index (χ1n) is 6.36. The number of halogens is 1. The molecule has 3 aromatic heterocycles. The van der Waals surface area contributed by atoms with Crippen molar-refractivity contribution in [2.24, 2.45) is 0 Å². The van der Waals surface area contributed by atoms with Gasteiger partial charge in [0.2, 0.25) is 10.0 Å². The monoisotopic (exact) mass is 331 g/mol. The first-order valence-corrected chi connectivity index (χ1v) is 8.25. The van der Waals surface area contributed by atoms with Crippen LogP contribution in [0.15, 0.2) is 30.7 Å². The molecule has 0 saturated heterocycles. The molecule has 0 atom stereocenters. The van der Waals surface area contributed by atoms with Crippen LogP contribution in [0.4, 0.5) is 10.2 Å². The Morgan fingerprint density at radius 2 is 2.09 bits per heavy atom. The maximum atomic E-state index is 14.2. The van der Waals surface area contributed by atoms with Gasteiger partial charge in [-0.05, 0) is 12.1 Å². The predicted octanol–water partition coefficient (Wildman–Crippen LogP) is 1.26. The van der Waals surface area contributed by atoms with Crippen LogP contribution >= 0.6 is 0 Å². The highest BCUT2D eigenvalue weighted by molar-refractivity contribution is 7.92. The Morgan fingerprint density at radius 1 is 1.26 bits per heavy atom. The Balaban J connectivity index is 1.95. The van der Waals surface area contributed by atoms with Crippen molar-refractivity contribution in [3.63, 3.8) is 0 Å². The first-order chi connectivity index (χ1) is 10.9. The van der Waals surface area contributed by atoms with Crippen molar-refractivity contribution in [3.8, 4) is 11.8 Å². The lowest BCUT2D eigenvalue weighted by Crippen LogP contribution is -2.12. The molecule has 0 spiro atoms. The number of fused-ring (bicyclic) bond motifs is 1. The van der Waals surface area contributed by atoms with Gasteiger partial charge in [-0.1, -0.05) is 11.8 Å². The summed E-state index contributed by atoms with van der Waals surface area (Å²) in [6, 6.07) is 3.12. The number of pyridine rings is 2. The van der Waals surface area contributed by atoms with Crippen molar-refractivity contribution >= 4 is 26.9 Å². The van der Waals surface area contributed by atoms with E-state index in [0.717, 1.165) is 11.6 Å². The molecule has 0 aliphatic heterocycles. The third-order valence-electron chi connectivity index (χ3n) is 2.80. The lowest BCUT2D eigenvalue weighted by atomic mass is 10.2. The number of hydrogen-bond donors (Lipinski definition) is 2. The highest BCUT2D eigenvalue weighted by atomic mass is 32.2. The van der Waals surface area contributed by atoms with Crippen LogP contribution in [0.5, 0.6) is 0 Å². The van der Waals surface area contributed by atoms with Crippen molar-refractivity contribution < 1.29 is 12.8 Å². The molecule has 0 fully saturated rings. The maximum Gasteiger partial charge on any atom is 0.231 e. The van der Waals surface area contributed by atoms with Gasteiger partial charge in [0.05, 0.1) is 18.0 Å². The van der Waals surface area contributed by atoms with E-state index in [-0.39, 0.29) is 11.4 Å². The highest BCUT2D eigenvalue weighted by Crippen LogP contribution is 2.15. The topological polar surface area (TPSA) is 101 Å². The number of aromatic nitrogens is 4. The summed E-state index contributed by atoms with van der Waals surface area (Å²) in [4.78, 5) is 7.78. The Hall–Kier alpha value is -2.99. The van der Waals surface area contributed by atoms with Gasteiger partial charge < -0.3 is 0 Å². The number of sulfonamides is 1. The molecule has 23 heavy (non-hydrogen) atoms. The van der Waals surface area contributed by atoms with Crippen molar-refractivity contribution in [3.05, 3.63) is 47.7 Å². The van der Waals surface area contributed by atoms with E-state index in [1.807, 2.05) is 4.72 Å². The van der Waals surface area contributed by atoms with E-state index in [1.165, 1.54) is 18.5 Å². The van der Waals surface area contributed by atoms with Gasteiger partial charge in [-0.25, -0.2) is 22.8 Å². The Labute approximate surface area is 131 Å². The van der Waals surface area contributed by atoms with Crippen LogP contribution in [-0.4, -0.2) is 34.8 Å². The largest absolute Gasteiger partial charge is 0.265 e. The standard InChI is InChI=1S/C14H10FN5O2S/c1-23(21,22)20-14-12(15)10(4-5-16-14)3-2-9-6-11-8-18-19-13(11)17-7-9/h4-8H,1H3,(H,16,20)(H,17,18,19). The fraction of sp³-hybridized carbons (Fsp3) is 0.0714. The van der Waals surface area contributed by atoms with Gasteiger partial charge in [-0.2, -0.15) is 5.10 Å². The summed E-state index contributed by atoms with van der Waals surface area (Å²) >= 11 is 0. The lowest BCUT2D eigenvalue weighted by Gasteiger charge is -2.04. The number of rotatable bonds is 2. The third kappa shape index (κ3) is 3.44. The predicted molar refractivity (Wildman–Crippen MR) is 82.5 cm³/mol. The number of aromatic amines is 1. The summed E-state index contributed by atoms with van der Waals surface area (Å²) in [6.45, 7) is 0. The van der Waals surface area contributed by atoms with Gasteiger partial charge in [0.1, 0.15) is 0 Å². The molecule has 116 valence electrons. The average Bonchev–Trinajstić information content (AvgIpc) is 2.94. The number of H-pyrrole nitrogens is 1. The van der Waals surface area contributed by atoms with Gasteiger partial charge in [-0.15, -0.1) is 0 Å². The van der Waals surface area contributed by atoms with Crippen LogP contribution in [-0.2, 0) is 10.0 Å². The molecule has 3 aromatic rings. The molecule has 7 nitrogen and oxygen atoms in total. The van der Waals surface area contributed by atoms with Crippen molar-refractivity contribution in [1.29, 1.82) is 0 Å². The molecule has 0 aromatic carbocycles. The fourth-order valence-corrected chi connectivity index (χ4v) is 2.33. The summed E-state index contributed by atoms with van der Waals surface area (Å²) in [5.41, 5.74) is 1.23. The van der Waals surface area contributed by atoms with Gasteiger partial charge >= 0.3 is 0 Å². The van der Waals surface area contributed by atoms with Crippen LogP contribution in [0, 0.1) is 17.7 Å². The molecule has 3 rings (SSSR count). The molecule has 0 amide bonds. The first kappa shape index (κ1) is 14.9. The SMILES string of the molecule is CS(=O)(=O)Nc1nccc(C#Cc2cnc3[nH]ncc3c2)c1F. The zero-order valence-corrected chi connectivity index (χ0v) is 12.6. The van der Waals surface area contributed by atoms with Crippen LogP contribution in [0.1, 0.15) is 11.1 Å². The van der Waals surface area contributed by atoms with Gasteiger partial charge in [0.25, 0.3) is 0 Å². The zero-order chi connectivity index (χ0) is 16.4. The molecular formula is C14H10FN5O2S. The molecule has 0 aliphatic carbocycles. The Kier molecular flexibility index (Phi) is 3.67. The van der Waals surface area contributed by atoms with E-state index in [9.17, 15) is 12.8 Å². The van der Waals surface area contributed by atoms with E-state index in [0.29, 0.717) is 11.2 Å². The van der Waals surface area contributed by atoms with Crippen LogP contribution in [0.3, 0.4) is 0 Å². The molecule has 0 saturated carbocycles. The van der Waals surface area contributed by atoms with Crippen molar-refractivity contribution in [2.45, 2.75) is 0 Å². The van der Waals surface area contributed by atoms with E-state index in [2.05, 4.69) is 32.0 Å². The second-order valence-corrected chi connectivity index (χ2v) is 6.43. The highest BCUT2D eigenvalue weighted by Gasteiger charge is 2.11. The number of nitrogens with one attached hydrogen (secondary N) is 2. The maximum absolute atomic E-state index is 14.2. The van der Waals surface area contributed by atoms with E-state index in [4.69, 9.17) is 0 Å². The van der Waals surface area contributed by atoms with E-state index in [1.54, 1.807) is 12.3 Å². The Morgan fingerprint density at radius 3 is 2.87 bits per heavy atom. The average molecular weight is 331 g/mol. The summed E-state index contributed by atoms with van der Waals surface area (Å²) in [5.74, 6) is 4.20. The molecule has 3 heterocycles. The summed E-state index contributed by atoms with van der Waals surface area (Å²) in [5, 5.41) is 7.35. The van der Waals surface area contributed by atoms with Crippen LogP contribution in [0.2, 0.25) is 0 Å². The third-order valence-corrected chi connectivity index (χ3v) is 3.37. The fourth-order valence-electron chi connectivity index (χ4n) is 1.83. The second-order valence-electron chi connectivity index (χ2n) is 4.68. The quantitative estimate of drug-likeness (QED) is 0.689. The summed E-state index contributed by atoms with van der Waals surface area (Å²) < 4.78 is 38.5. The number of nitrogens with zero attached hydrogens (tertiary/aromatic N) is 3. The second kappa shape index (κ2) is 5.66. The zero-order valence-electron chi connectivity index (χ0n) is 11.8.